The molecule has 1 aliphatic rings. The van der Waals surface area contributed by atoms with Crippen LogP contribution < -0.4 is 10.2 Å². The summed E-state index contributed by atoms with van der Waals surface area (Å²) in [4.78, 5) is 27.8. The van der Waals surface area contributed by atoms with E-state index in [1.807, 2.05) is 45.0 Å². The van der Waals surface area contributed by atoms with Gasteiger partial charge in [0.1, 0.15) is 6.54 Å². The molecule has 1 heterocycles. The quantitative estimate of drug-likeness (QED) is 0.929. The predicted molar refractivity (Wildman–Crippen MR) is 93.7 cm³/mol. The molecule has 1 saturated heterocycles. The average molecular weight is 317 g/mol. The number of anilines is 2. The number of rotatable bonds is 4. The van der Waals surface area contributed by atoms with Crippen LogP contribution in [0.1, 0.15) is 40.5 Å². The monoisotopic (exact) mass is 317 g/mol. The van der Waals surface area contributed by atoms with Gasteiger partial charge in [-0.15, -0.1) is 0 Å². The maximum Gasteiger partial charge on any atom is 0.244 e. The van der Waals surface area contributed by atoms with Gasteiger partial charge in [-0.2, -0.15) is 0 Å². The Hall–Kier alpha value is -2.04. The van der Waals surface area contributed by atoms with E-state index in [9.17, 15) is 9.59 Å². The number of hydrogen-bond acceptors (Lipinski definition) is 3. The Kier molecular flexibility index (Phi) is 5.29. The van der Waals surface area contributed by atoms with Crippen molar-refractivity contribution in [2.24, 2.45) is 0 Å². The molecule has 1 aromatic carbocycles. The Bertz CT molecular complexity index is 555. The van der Waals surface area contributed by atoms with Crippen molar-refractivity contribution in [3.05, 3.63) is 24.3 Å². The first-order valence-corrected chi connectivity index (χ1v) is 8.20. The highest BCUT2D eigenvalue weighted by Crippen LogP contribution is 2.22. The summed E-state index contributed by atoms with van der Waals surface area (Å²) in [5.41, 5.74) is 1.58. The molecule has 0 unspecified atom stereocenters. The Morgan fingerprint density at radius 2 is 1.70 bits per heavy atom. The van der Waals surface area contributed by atoms with Gasteiger partial charge in [-0.25, -0.2) is 0 Å². The highest BCUT2D eigenvalue weighted by atomic mass is 16.2. The molecule has 0 bridgehead atoms. The summed E-state index contributed by atoms with van der Waals surface area (Å²) in [5.74, 6) is -0.277. The zero-order valence-electron chi connectivity index (χ0n) is 14.6. The second-order valence-corrected chi connectivity index (χ2v) is 7.07. The number of carbonyl (C=O) groups is 2. The van der Waals surface area contributed by atoms with E-state index in [1.54, 1.807) is 4.90 Å². The van der Waals surface area contributed by atoms with Crippen molar-refractivity contribution in [1.82, 2.24) is 4.90 Å². The van der Waals surface area contributed by atoms with Crippen molar-refractivity contribution >= 4 is 23.2 Å². The molecule has 23 heavy (non-hydrogen) atoms. The van der Waals surface area contributed by atoms with Crippen LogP contribution in [0, 0.1) is 0 Å². The normalized spacial score (nSPS) is 14.7. The zero-order chi connectivity index (χ0) is 17.0. The molecule has 5 nitrogen and oxygen atoms in total. The van der Waals surface area contributed by atoms with E-state index >= 15 is 0 Å². The molecule has 1 N–H and O–H groups in total. The molecule has 1 aromatic rings. The van der Waals surface area contributed by atoms with Gasteiger partial charge in [0.05, 0.1) is 0 Å². The number of nitrogens with one attached hydrogen (secondary N) is 1. The van der Waals surface area contributed by atoms with Crippen LogP contribution in [0.15, 0.2) is 24.3 Å². The summed E-state index contributed by atoms with van der Waals surface area (Å²) >= 11 is 0. The molecule has 2 rings (SSSR count). The summed E-state index contributed by atoms with van der Waals surface area (Å²) in [6.07, 6.45) is 2.48. The molecule has 126 valence electrons. The number of carbonyl (C=O) groups excluding carboxylic acids is 2. The minimum absolute atomic E-state index is 0.0622. The first kappa shape index (κ1) is 17.3. The van der Waals surface area contributed by atoms with Gasteiger partial charge >= 0.3 is 0 Å². The lowest BCUT2D eigenvalue weighted by Gasteiger charge is -2.34. The van der Waals surface area contributed by atoms with Crippen LogP contribution in [0.2, 0.25) is 0 Å². The third kappa shape index (κ3) is 4.71. The van der Waals surface area contributed by atoms with Gasteiger partial charge in [-0.3, -0.25) is 9.59 Å². The van der Waals surface area contributed by atoms with Gasteiger partial charge in [-0.05, 0) is 57.9 Å². The van der Waals surface area contributed by atoms with Gasteiger partial charge in [0.2, 0.25) is 11.8 Å². The zero-order valence-corrected chi connectivity index (χ0v) is 14.6. The van der Waals surface area contributed by atoms with Crippen molar-refractivity contribution in [3.63, 3.8) is 0 Å². The van der Waals surface area contributed by atoms with Crippen molar-refractivity contribution in [3.8, 4) is 0 Å². The van der Waals surface area contributed by atoms with E-state index in [1.165, 1.54) is 25.5 Å². The van der Waals surface area contributed by atoms with Gasteiger partial charge in [-0.1, -0.05) is 0 Å². The minimum Gasteiger partial charge on any atom is -0.372 e. The van der Waals surface area contributed by atoms with Crippen LogP contribution in [-0.2, 0) is 9.59 Å². The third-order valence-electron chi connectivity index (χ3n) is 4.11. The Labute approximate surface area is 138 Å². The van der Waals surface area contributed by atoms with Crippen LogP contribution in [0.25, 0.3) is 0 Å². The number of nitrogens with zero attached hydrogens (tertiary/aromatic N) is 2. The first-order chi connectivity index (χ1) is 10.8. The highest BCUT2D eigenvalue weighted by Gasteiger charge is 2.25. The molecular weight excluding hydrogens is 290 g/mol. The summed E-state index contributed by atoms with van der Waals surface area (Å²) in [7, 11) is 0. The lowest BCUT2D eigenvalue weighted by molar-refractivity contribution is -0.137. The number of amides is 2. The maximum atomic E-state index is 12.2. The second kappa shape index (κ2) is 7.02. The van der Waals surface area contributed by atoms with E-state index in [2.05, 4.69) is 10.2 Å². The van der Waals surface area contributed by atoms with Gasteiger partial charge in [0, 0.05) is 36.9 Å². The topological polar surface area (TPSA) is 52.7 Å². The highest BCUT2D eigenvalue weighted by molar-refractivity contribution is 5.94. The molecule has 0 radical (unpaired) electrons. The Balaban J connectivity index is 1.95. The fourth-order valence-electron chi connectivity index (χ4n) is 2.90. The molecule has 5 heteroatoms. The van der Waals surface area contributed by atoms with Gasteiger partial charge in [0.25, 0.3) is 0 Å². The van der Waals surface area contributed by atoms with E-state index in [0.29, 0.717) is 0 Å². The molecule has 2 amide bonds. The molecule has 0 saturated carbocycles. The predicted octanol–water partition coefficient (Wildman–Crippen LogP) is 2.87. The van der Waals surface area contributed by atoms with Crippen LogP contribution in [0.5, 0.6) is 0 Å². The van der Waals surface area contributed by atoms with Crippen LogP contribution in [0.3, 0.4) is 0 Å². The molecule has 0 aromatic heterocycles. The third-order valence-corrected chi connectivity index (χ3v) is 4.11. The van der Waals surface area contributed by atoms with Crippen molar-refractivity contribution in [1.29, 1.82) is 0 Å². The first-order valence-electron chi connectivity index (χ1n) is 8.20. The lowest BCUT2D eigenvalue weighted by Crippen LogP contribution is -2.48. The molecule has 0 aliphatic carbocycles. The van der Waals surface area contributed by atoms with Crippen LogP contribution in [0.4, 0.5) is 11.4 Å². The summed E-state index contributed by atoms with van der Waals surface area (Å²) in [6.45, 7) is 9.53. The summed E-state index contributed by atoms with van der Waals surface area (Å²) in [6, 6.07) is 7.91. The molecule has 0 spiro atoms. The number of benzene rings is 1. The van der Waals surface area contributed by atoms with Gasteiger partial charge in [0.15, 0.2) is 0 Å². The molecule has 0 atom stereocenters. The fraction of sp³-hybridized carbons (Fsp3) is 0.556. The van der Waals surface area contributed by atoms with Crippen molar-refractivity contribution in [2.45, 2.75) is 46.1 Å². The number of hydrogen-bond donors (Lipinski definition) is 1. The average Bonchev–Trinajstić information content (AvgIpc) is 2.98. The Morgan fingerprint density at radius 1 is 1.13 bits per heavy atom. The lowest BCUT2D eigenvalue weighted by atomic mass is 10.1. The van der Waals surface area contributed by atoms with Crippen molar-refractivity contribution < 1.29 is 9.59 Å². The minimum atomic E-state index is -0.372. The molecular formula is C18H27N3O2. The van der Waals surface area contributed by atoms with Crippen LogP contribution in [-0.4, -0.2) is 41.9 Å². The van der Waals surface area contributed by atoms with E-state index in [4.69, 9.17) is 0 Å². The van der Waals surface area contributed by atoms with Crippen molar-refractivity contribution in [2.75, 3.05) is 29.9 Å². The largest absolute Gasteiger partial charge is 0.372 e. The summed E-state index contributed by atoms with van der Waals surface area (Å²) in [5, 5.41) is 2.87. The Morgan fingerprint density at radius 3 is 2.17 bits per heavy atom. The molecule has 1 aliphatic heterocycles. The maximum absolute atomic E-state index is 12.2. The smallest absolute Gasteiger partial charge is 0.244 e. The second-order valence-electron chi connectivity index (χ2n) is 7.07. The van der Waals surface area contributed by atoms with Crippen LogP contribution >= 0.6 is 0 Å². The SMILES string of the molecule is CC(=O)N(CC(=O)Nc1ccc(N2CCCC2)cc1)C(C)(C)C. The van der Waals surface area contributed by atoms with E-state index in [0.717, 1.165) is 18.8 Å². The fourth-order valence-corrected chi connectivity index (χ4v) is 2.90. The standard InChI is InChI=1S/C18H27N3O2/c1-14(22)21(18(2,3)4)13-17(23)19-15-7-9-16(10-8-15)20-11-5-6-12-20/h7-10H,5-6,11-13H2,1-4H3,(H,19,23). The van der Waals surface area contributed by atoms with Gasteiger partial charge < -0.3 is 15.1 Å². The molecule has 1 fully saturated rings. The van der Waals surface area contributed by atoms with E-state index in [-0.39, 0.29) is 23.9 Å². The summed E-state index contributed by atoms with van der Waals surface area (Å²) < 4.78 is 0. The van der Waals surface area contributed by atoms with E-state index < -0.39 is 0 Å².